The standard InChI is InChI=1S/C26H28ClNO2/c1-17-8-9-21(18(2)12-17)16-28-11-10-19-14-24(29-3)25(30-4)15-23(19)26(28)20-6-5-7-22(27)13-20/h5-9,12-15,26H,10-11,16H2,1-4H3/t26-/m1/s1. The van der Waals surface area contributed by atoms with Gasteiger partial charge in [0.05, 0.1) is 20.3 Å². The Hall–Kier alpha value is -2.49. The number of hydrogen-bond acceptors (Lipinski definition) is 3. The van der Waals surface area contributed by atoms with Crippen molar-refractivity contribution in [2.75, 3.05) is 20.8 Å². The van der Waals surface area contributed by atoms with Crippen molar-refractivity contribution in [3.63, 3.8) is 0 Å². The van der Waals surface area contributed by atoms with Crippen LogP contribution in [-0.4, -0.2) is 25.7 Å². The van der Waals surface area contributed by atoms with Crippen LogP contribution in [0.25, 0.3) is 0 Å². The first-order valence-electron chi connectivity index (χ1n) is 10.3. The minimum Gasteiger partial charge on any atom is -0.493 e. The molecule has 4 rings (SSSR count). The molecule has 0 unspecified atom stereocenters. The average Bonchev–Trinajstić information content (AvgIpc) is 2.74. The number of halogens is 1. The second-order valence-corrected chi connectivity index (χ2v) is 8.45. The third kappa shape index (κ3) is 4.05. The number of ether oxygens (including phenoxy) is 2. The van der Waals surface area contributed by atoms with E-state index in [2.05, 4.69) is 61.2 Å². The van der Waals surface area contributed by atoms with Crippen molar-refractivity contribution in [1.29, 1.82) is 0 Å². The van der Waals surface area contributed by atoms with Crippen LogP contribution in [-0.2, 0) is 13.0 Å². The van der Waals surface area contributed by atoms with E-state index in [9.17, 15) is 0 Å². The van der Waals surface area contributed by atoms with Gasteiger partial charge in [0, 0.05) is 18.1 Å². The van der Waals surface area contributed by atoms with E-state index in [0.29, 0.717) is 0 Å². The molecule has 0 aromatic heterocycles. The lowest BCUT2D eigenvalue weighted by atomic mass is 9.87. The highest BCUT2D eigenvalue weighted by atomic mass is 35.5. The Labute approximate surface area is 184 Å². The van der Waals surface area contributed by atoms with Crippen LogP contribution in [0.4, 0.5) is 0 Å². The van der Waals surface area contributed by atoms with E-state index in [4.69, 9.17) is 21.1 Å². The first-order chi connectivity index (χ1) is 14.5. The molecule has 156 valence electrons. The monoisotopic (exact) mass is 421 g/mol. The Morgan fingerprint density at radius 3 is 2.43 bits per heavy atom. The summed E-state index contributed by atoms with van der Waals surface area (Å²) >= 11 is 6.38. The molecule has 1 aliphatic rings. The molecule has 4 heteroatoms. The molecule has 0 aliphatic carbocycles. The van der Waals surface area contributed by atoms with Gasteiger partial charge in [0.25, 0.3) is 0 Å². The van der Waals surface area contributed by atoms with Gasteiger partial charge in [-0.3, -0.25) is 4.90 Å². The highest BCUT2D eigenvalue weighted by Gasteiger charge is 2.30. The van der Waals surface area contributed by atoms with Crippen molar-refractivity contribution in [3.05, 3.63) is 93.0 Å². The molecule has 0 fully saturated rings. The van der Waals surface area contributed by atoms with Gasteiger partial charge in [0.15, 0.2) is 11.5 Å². The first kappa shape index (κ1) is 20.8. The Bertz CT molecular complexity index is 1060. The Balaban J connectivity index is 1.81. The van der Waals surface area contributed by atoms with Gasteiger partial charge >= 0.3 is 0 Å². The quantitative estimate of drug-likeness (QED) is 0.495. The number of fused-ring (bicyclic) bond motifs is 1. The summed E-state index contributed by atoms with van der Waals surface area (Å²) in [7, 11) is 3.38. The average molecular weight is 422 g/mol. The lowest BCUT2D eigenvalue weighted by molar-refractivity contribution is 0.203. The zero-order valence-corrected chi connectivity index (χ0v) is 18.8. The number of rotatable bonds is 5. The predicted molar refractivity (Wildman–Crippen MR) is 123 cm³/mol. The van der Waals surface area contributed by atoms with E-state index in [1.807, 2.05) is 12.1 Å². The molecule has 0 spiro atoms. The maximum atomic E-state index is 6.38. The lowest BCUT2D eigenvalue weighted by Crippen LogP contribution is -2.36. The van der Waals surface area contributed by atoms with E-state index < -0.39 is 0 Å². The van der Waals surface area contributed by atoms with Crippen LogP contribution in [0.3, 0.4) is 0 Å². The molecule has 3 aromatic rings. The van der Waals surface area contributed by atoms with Gasteiger partial charge in [0.2, 0.25) is 0 Å². The van der Waals surface area contributed by atoms with Crippen LogP contribution in [0.5, 0.6) is 11.5 Å². The summed E-state index contributed by atoms with van der Waals surface area (Å²) in [5.41, 5.74) is 7.74. The van der Waals surface area contributed by atoms with Gasteiger partial charge in [-0.25, -0.2) is 0 Å². The van der Waals surface area contributed by atoms with Gasteiger partial charge < -0.3 is 9.47 Å². The normalized spacial score (nSPS) is 16.2. The SMILES string of the molecule is COc1cc2c(cc1OC)[C@@H](c1cccc(Cl)c1)N(Cc1ccc(C)cc1C)CC2. The number of benzene rings is 3. The van der Waals surface area contributed by atoms with Crippen molar-refractivity contribution in [3.8, 4) is 11.5 Å². The van der Waals surface area contributed by atoms with Gasteiger partial charge in [0.1, 0.15) is 0 Å². The molecule has 1 aliphatic heterocycles. The second-order valence-electron chi connectivity index (χ2n) is 8.01. The second kappa shape index (κ2) is 8.71. The van der Waals surface area contributed by atoms with Crippen molar-refractivity contribution < 1.29 is 9.47 Å². The summed E-state index contributed by atoms with van der Waals surface area (Å²) in [6.07, 6.45) is 0.970. The van der Waals surface area contributed by atoms with E-state index in [0.717, 1.165) is 36.0 Å². The molecule has 3 nitrogen and oxygen atoms in total. The van der Waals surface area contributed by atoms with Gasteiger partial charge in [-0.2, -0.15) is 0 Å². The molecule has 0 bridgehead atoms. The zero-order valence-electron chi connectivity index (χ0n) is 18.0. The third-order valence-electron chi connectivity index (χ3n) is 6.01. The van der Waals surface area contributed by atoms with Gasteiger partial charge in [-0.05, 0) is 72.4 Å². The van der Waals surface area contributed by atoms with E-state index >= 15 is 0 Å². The highest BCUT2D eigenvalue weighted by Crippen LogP contribution is 2.42. The molecule has 0 radical (unpaired) electrons. The molecule has 0 N–H and O–H groups in total. The number of aryl methyl sites for hydroxylation is 2. The molecular formula is C26H28ClNO2. The summed E-state index contributed by atoms with van der Waals surface area (Å²) in [5, 5.41) is 0.756. The summed E-state index contributed by atoms with van der Waals surface area (Å²) in [5.74, 6) is 1.54. The predicted octanol–water partition coefficient (Wildman–Crippen LogP) is 6.12. The Kier molecular flexibility index (Phi) is 6.03. The van der Waals surface area contributed by atoms with Crippen LogP contribution in [0, 0.1) is 13.8 Å². The summed E-state index contributed by atoms with van der Waals surface area (Å²) in [6.45, 7) is 6.19. The topological polar surface area (TPSA) is 21.7 Å². The van der Waals surface area contributed by atoms with Crippen molar-refractivity contribution in [2.45, 2.75) is 32.9 Å². The van der Waals surface area contributed by atoms with Crippen LogP contribution in [0.1, 0.15) is 39.4 Å². The molecular weight excluding hydrogens is 394 g/mol. The summed E-state index contributed by atoms with van der Waals surface area (Å²) < 4.78 is 11.2. The fourth-order valence-electron chi connectivity index (χ4n) is 4.48. The molecule has 0 saturated heterocycles. The largest absolute Gasteiger partial charge is 0.493 e. The van der Waals surface area contributed by atoms with E-state index in [-0.39, 0.29) is 6.04 Å². The first-order valence-corrected chi connectivity index (χ1v) is 10.7. The number of hydrogen-bond donors (Lipinski definition) is 0. The fraction of sp³-hybridized carbons (Fsp3) is 0.308. The fourth-order valence-corrected chi connectivity index (χ4v) is 4.68. The minimum absolute atomic E-state index is 0.105. The molecule has 1 heterocycles. The Morgan fingerprint density at radius 2 is 1.73 bits per heavy atom. The molecule has 0 amide bonds. The van der Waals surface area contributed by atoms with Gasteiger partial charge in [-0.1, -0.05) is 47.5 Å². The lowest BCUT2D eigenvalue weighted by Gasteiger charge is -2.38. The Morgan fingerprint density at radius 1 is 0.967 bits per heavy atom. The minimum atomic E-state index is 0.105. The molecule has 3 aromatic carbocycles. The zero-order chi connectivity index (χ0) is 21.3. The third-order valence-corrected chi connectivity index (χ3v) is 6.24. The molecule has 1 atom stereocenters. The smallest absolute Gasteiger partial charge is 0.161 e. The molecule has 30 heavy (non-hydrogen) atoms. The van der Waals surface area contributed by atoms with Crippen molar-refractivity contribution in [2.24, 2.45) is 0 Å². The number of methoxy groups -OCH3 is 2. The van der Waals surface area contributed by atoms with Crippen molar-refractivity contribution in [1.82, 2.24) is 4.90 Å². The van der Waals surface area contributed by atoms with E-state index in [1.54, 1.807) is 14.2 Å². The van der Waals surface area contributed by atoms with Crippen molar-refractivity contribution >= 4 is 11.6 Å². The number of nitrogens with zero attached hydrogens (tertiary/aromatic N) is 1. The summed E-state index contributed by atoms with van der Waals surface area (Å²) in [6, 6.07) is 19.3. The highest BCUT2D eigenvalue weighted by molar-refractivity contribution is 6.30. The van der Waals surface area contributed by atoms with Crippen LogP contribution in [0.2, 0.25) is 5.02 Å². The van der Waals surface area contributed by atoms with E-state index in [1.165, 1.54) is 33.4 Å². The molecule has 0 saturated carbocycles. The van der Waals surface area contributed by atoms with Crippen LogP contribution in [0.15, 0.2) is 54.6 Å². The van der Waals surface area contributed by atoms with Gasteiger partial charge in [-0.15, -0.1) is 0 Å². The maximum Gasteiger partial charge on any atom is 0.161 e. The van der Waals surface area contributed by atoms with Crippen LogP contribution >= 0.6 is 11.6 Å². The van der Waals surface area contributed by atoms with Crippen LogP contribution < -0.4 is 9.47 Å². The summed E-state index contributed by atoms with van der Waals surface area (Å²) in [4.78, 5) is 2.54. The maximum absolute atomic E-state index is 6.38.